The lowest BCUT2D eigenvalue weighted by Crippen LogP contribution is -2.18. The van der Waals surface area contributed by atoms with Crippen LogP contribution in [0.4, 0.5) is 0 Å². The van der Waals surface area contributed by atoms with Crippen LogP contribution >= 0.6 is 22.9 Å². The fourth-order valence-corrected chi connectivity index (χ4v) is 3.51. The number of carbonyl (C=O) groups is 1. The van der Waals surface area contributed by atoms with E-state index >= 15 is 0 Å². The van der Waals surface area contributed by atoms with Crippen LogP contribution in [0.25, 0.3) is 15.7 Å². The van der Waals surface area contributed by atoms with Crippen molar-refractivity contribution in [3.05, 3.63) is 64.4 Å². The van der Waals surface area contributed by atoms with E-state index in [0.717, 1.165) is 15.7 Å². The van der Waals surface area contributed by atoms with E-state index < -0.39 is 5.91 Å². The molecular weight excluding hydrogens is 360 g/mol. The molecule has 25 heavy (non-hydrogen) atoms. The van der Waals surface area contributed by atoms with E-state index in [1.807, 2.05) is 35.8 Å². The molecule has 0 unspecified atom stereocenters. The zero-order chi connectivity index (χ0) is 17.4. The Hall–Kier alpha value is -2.90. The number of phenols is 1. The molecule has 124 valence electrons. The number of imidazole rings is 1. The maximum Gasteiger partial charge on any atom is 0.275 e. The Labute approximate surface area is 151 Å². The quantitative estimate of drug-likeness (QED) is 0.426. The van der Waals surface area contributed by atoms with E-state index in [1.165, 1.54) is 17.6 Å². The first-order valence-corrected chi connectivity index (χ1v) is 8.55. The van der Waals surface area contributed by atoms with Gasteiger partial charge in [-0.1, -0.05) is 35.9 Å². The van der Waals surface area contributed by atoms with Gasteiger partial charge in [-0.3, -0.25) is 9.20 Å². The highest BCUT2D eigenvalue weighted by Gasteiger charge is 2.13. The van der Waals surface area contributed by atoms with Crippen LogP contribution in [0.5, 0.6) is 5.75 Å². The Morgan fingerprint density at radius 2 is 2.08 bits per heavy atom. The number of carbonyl (C=O) groups excluding carboxylic acids is 1. The second kappa shape index (κ2) is 6.19. The molecular formula is C17H11ClN4O2S. The van der Waals surface area contributed by atoms with Crippen molar-refractivity contribution in [2.45, 2.75) is 0 Å². The molecule has 0 aliphatic rings. The molecule has 2 heterocycles. The summed E-state index contributed by atoms with van der Waals surface area (Å²) < 4.78 is 1.77. The third-order valence-corrected chi connectivity index (χ3v) is 4.75. The monoisotopic (exact) mass is 370 g/mol. The van der Waals surface area contributed by atoms with E-state index in [9.17, 15) is 9.90 Å². The minimum Gasteiger partial charge on any atom is -0.507 e. The van der Waals surface area contributed by atoms with Crippen LogP contribution < -0.4 is 5.43 Å². The van der Waals surface area contributed by atoms with Crippen molar-refractivity contribution < 1.29 is 9.90 Å². The van der Waals surface area contributed by atoms with Gasteiger partial charge in [0.15, 0.2) is 10.1 Å². The fourth-order valence-electron chi connectivity index (χ4n) is 2.51. The maximum atomic E-state index is 12.3. The van der Waals surface area contributed by atoms with Crippen LogP contribution in [-0.4, -0.2) is 26.6 Å². The SMILES string of the molecule is O=C(N/N=C\c1c(Cl)nc2sccn12)c1cc2ccccc2cc1O. The van der Waals surface area contributed by atoms with Crippen LogP contribution in [-0.2, 0) is 0 Å². The average molecular weight is 371 g/mol. The molecule has 0 atom stereocenters. The number of thiazole rings is 1. The molecule has 4 aromatic rings. The minimum absolute atomic E-state index is 0.103. The summed E-state index contributed by atoms with van der Waals surface area (Å²) in [5, 5.41) is 17.9. The molecule has 0 aliphatic carbocycles. The van der Waals surface area contributed by atoms with Gasteiger partial charge >= 0.3 is 0 Å². The summed E-state index contributed by atoms with van der Waals surface area (Å²) in [7, 11) is 0. The summed E-state index contributed by atoms with van der Waals surface area (Å²) in [6, 6.07) is 10.6. The number of halogens is 1. The zero-order valence-electron chi connectivity index (χ0n) is 12.7. The molecule has 0 spiro atoms. The summed E-state index contributed by atoms with van der Waals surface area (Å²) >= 11 is 7.51. The molecule has 0 aliphatic heterocycles. The van der Waals surface area contributed by atoms with Gasteiger partial charge in [0.1, 0.15) is 11.4 Å². The van der Waals surface area contributed by atoms with Gasteiger partial charge in [0.25, 0.3) is 5.91 Å². The van der Waals surface area contributed by atoms with Gasteiger partial charge < -0.3 is 5.11 Å². The van der Waals surface area contributed by atoms with E-state index in [0.29, 0.717) is 10.8 Å². The Bertz CT molecular complexity index is 1130. The number of nitrogens with zero attached hydrogens (tertiary/aromatic N) is 3. The van der Waals surface area contributed by atoms with Crippen molar-refractivity contribution in [1.29, 1.82) is 0 Å². The normalized spacial score (nSPS) is 11.6. The number of aromatic nitrogens is 2. The highest BCUT2D eigenvalue weighted by Crippen LogP contribution is 2.25. The minimum atomic E-state index is -0.512. The lowest BCUT2D eigenvalue weighted by molar-refractivity contribution is 0.0952. The number of rotatable bonds is 3. The van der Waals surface area contributed by atoms with Crippen LogP contribution in [0.3, 0.4) is 0 Å². The van der Waals surface area contributed by atoms with Crippen molar-refractivity contribution in [3.8, 4) is 5.75 Å². The average Bonchev–Trinajstić information content (AvgIpc) is 3.16. The smallest absolute Gasteiger partial charge is 0.275 e. The number of hydrazone groups is 1. The molecule has 2 aromatic carbocycles. The molecule has 0 saturated carbocycles. The molecule has 0 radical (unpaired) electrons. The third kappa shape index (κ3) is 2.84. The van der Waals surface area contributed by atoms with Gasteiger partial charge in [-0.05, 0) is 22.9 Å². The molecule has 8 heteroatoms. The van der Waals surface area contributed by atoms with Gasteiger partial charge in [0.2, 0.25) is 0 Å². The number of phenolic OH excluding ortho intramolecular Hbond substituents is 1. The summed E-state index contributed by atoms with van der Waals surface area (Å²) in [5.74, 6) is -0.615. The van der Waals surface area contributed by atoms with Gasteiger partial charge in [-0.2, -0.15) is 5.10 Å². The Morgan fingerprint density at radius 1 is 1.32 bits per heavy atom. The van der Waals surface area contributed by atoms with Gasteiger partial charge in [0, 0.05) is 11.6 Å². The number of hydrogen-bond donors (Lipinski definition) is 2. The first kappa shape index (κ1) is 15.6. The van der Waals surface area contributed by atoms with Crippen LogP contribution in [0, 0.1) is 0 Å². The second-order valence-corrected chi connectivity index (χ2v) is 6.49. The first-order valence-electron chi connectivity index (χ1n) is 7.30. The second-order valence-electron chi connectivity index (χ2n) is 5.26. The Kier molecular flexibility index (Phi) is 3.87. The number of aromatic hydroxyl groups is 1. The standard InChI is InChI=1S/C17H11ClN4O2S/c18-15-13(22-5-6-25-17(22)20-15)9-19-21-16(24)12-7-10-3-1-2-4-11(10)8-14(12)23/h1-9,23H,(H,21,24)/b19-9-. The van der Waals surface area contributed by atoms with E-state index in [2.05, 4.69) is 15.5 Å². The predicted octanol–water partition coefficient (Wildman–Crippen LogP) is 3.67. The summed E-state index contributed by atoms with van der Waals surface area (Å²) in [5.41, 5.74) is 3.12. The zero-order valence-corrected chi connectivity index (χ0v) is 14.3. The Balaban J connectivity index is 1.59. The first-order chi connectivity index (χ1) is 12.1. The molecule has 0 fully saturated rings. The molecule has 1 amide bonds. The third-order valence-electron chi connectivity index (χ3n) is 3.72. The largest absolute Gasteiger partial charge is 0.507 e. The van der Waals surface area contributed by atoms with Crippen LogP contribution in [0.1, 0.15) is 16.1 Å². The van der Waals surface area contributed by atoms with Crippen molar-refractivity contribution in [1.82, 2.24) is 14.8 Å². The Morgan fingerprint density at radius 3 is 2.88 bits per heavy atom. The molecule has 0 bridgehead atoms. The lowest BCUT2D eigenvalue weighted by Gasteiger charge is -2.05. The van der Waals surface area contributed by atoms with E-state index in [-0.39, 0.29) is 11.3 Å². The van der Waals surface area contributed by atoms with Crippen molar-refractivity contribution in [2.24, 2.45) is 5.10 Å². The number of benzene rings is 2. The molecule has 4 rings (SSSR count). The predicted molar refractivity (Wildman–Crippen MR) is 98.8 cm³/mol. The highest BCUT2D eigenvalue weighted by atomic mass is 35.5. The summed E-state index contributed by atoms with van der Waals surface area (Å²) in [6.07, 6.45) is 3.24. The lowest BCUT2D eigenvalue weighted by atomic mass is 10.1. The topological polar surface area (TPSA) is 79.0 Å². The van der Waals surface area contributed by atoms with Gasteiger partial charge in [-0.25, -0.2) is 10.4 Å². The van der Waals surface area contributed by atoms with Crippen molar-refractivity contribution in [2.75, 3.05) is 0 Å². The van der Waals surface area contributed by atoms with Crippen molar-refractivity contribution in [3.63, 3.8) is 0 Å². The fraction of sp³-hybridized carbons (Fsp3) is 0. The van der Waals surface area contributed by atoms with Crippen LogP contribution in [0.15, 0.2) is 53.1 Å². The van der Waals surface area contributed by atoms with Gasteiger partial charge in [-0.15, -0.1) is 11.3 Å². The van der Waals surface area contributed by atoms with Gasteiger partial charge in [0.05, 0.1) is 11.8 Å². The molecule has 2 N–H and O–H groups in total. The highest BCUT2D eigenvalue weighted by molar-refractivity contribution is 7.15. The van der Waals surface area contributed by atoms with Crippen molar-refractivity contribution >= 4 is 50.8 Å². The van der Waals surface area contributed by atoms with Crippen LogP contribution in [0.2, 0.25) is 5.15 Å². The molecule has 2 aromatic heterocycles. The summed E-state index contributed by atoms with van der Waals surface area (Å²) in [6.45, 7) is 0. The summed E-state index contributed by atoms with van der Waals surface area (Å²) in [4.78, 5) is 17.2. The molecule has 6 nitrogen and oxygen atoms in total. The number of nitrogens with one attached hydrogen (secondary N) is 1. The maximum absolute atomic E-state index is 12.3. The number of fused-ring (bicyclic) bond motifs is 2. The number of hydrogen-bond acceptors (Lipinski definition) is 5. The molecule has 0 saturated heterocycles. The number of amides is 1. The van der Waals surface area contributed by atoms with E-state index in [4.69, 9.17) is 11.6 Å². The van der Waals surface area contributed by atoms with E-state index in [1.54, 1.807) is 16.5 Å².